The number of anilines is 1. The summed E-state index contributed by atoms with van der Waals surface area (Å²) in [5.41, 5.74) is 7.96. The van der Waals surface area contributed by atoms with Crippen LogP contribution in [0.4, 0.5) is 5.82 Å². The van der Waals surface area contributed by atoms with Crippen molar-refractivity contribution < 1.29 is 9.90 Å². The van der Waals surface area contributed by atoms with Crippen LogP contribution in [0.1, 0.15) is 42.3 Å². The highest BCUT2D eigenvalue weighted by atomic mass is 16.3. The van der Waals surface area contributed by atoms with Crippen LogP contribution in [0.15, 0.2) is 48.9 Å². The van der Waals surface area contributed by atoms with Gasteiger partial charge >= 0.3 is 0 Å². The Kier molecular flexibility index (Phi) is 5.09. The molecular formula is C24H23N5O2. The minimum Gasteiger partial charge on any atom is -0.388 e. The third-order valence-electron chi connectivity index (χ3n) is 5.32. The van der Waals surface area contributed by atoms with Gasteiger partial charge in [-0.15, -0.1) is 0 Å². The van der Waals surface area contributed by atoms with E-state index in [1.54, 1.807) is 26.2 Å². The number of pyridine rings is 2. The number of aromatic nitrogens is 3. The van der Waals surface area contributed by atoms with Crippen LogP contribution in [-0.4, -0.2) is 37.6 Å². The van der Waals surface area contributed by atoms with E-state index in [-0.39, 0.29) is 6.04 Å². The number of aromatic amines is 1. The average Bonchev–Trinajstić information content (AvgIpc) is 3.11. The minimum absolute atomic E-state index is 0.280. The summed E-state index contributed by atoms with van der Waals surface area (Å²) in [6, 6.07) is 9.23. The molecule has 0 radical (unpaired) electrons. The number of carbonyl (C=O) groups excluding carboxylic acids is 1. The maximum atomic E-state index is 12.0. The molecule has 156 valence electrons. The Morgan fingerprint density at radius 1 is 1.23 bits per heavy atom. The average molecular weight is 413 g/mol. The van der Waals surface area contributed by atoms with E-state index in [0.717, 1.165) is 27.4 Å². The zero-order chi connectivity index (χ0) is 22.2. The van der Waals surface area contributed by atoms with E-state index in [1.165, 1.54) is 6.20 Å². The molecule has 4 rings (SSSR count). The van der Waals surface area contributed by atoms with Gasteiger partial charge in [0, 0.05) is 40.6 Å². The van der Waals surface area contributed by atoms with Crippen LogP contribution >= 0.6 is 0 Å². The molecule has 7 heteroatoms. The van der Waals surface area contributed by atoms with Crippen molar-refractivity contribution >= 4 is 33.5 Å². The largest absolute Gasteiger partial charge is 0.388 e. The first kappa shape index (κ1) is 20.4. The molecule has 7 nitrogen and oxygen atoms in total. The highest BCUT2D eigenvalue weighted by molar-refractivity contribution is 6.18. The normalized spacial score (nSPS) is 12.4. The second-order valence-corrected chi connectivity index (χ2v) is 8.03. The summed E-state index contributed by atoms with van der Waals surface area (Å²) in [7, 11) is 0. The molecule has 0 spiro atoms. The fourth-order valence-corrected chi connectivity index (χ4v) is 3.24. The van der Waals surface area contributed by atoms with E-state index in [0.29, 0.717) is 16.9 Å². The van der Waals surface area contributed by atoms with Gasteiger partial charge in [-0.2, -0.15) is 0 Å². The van der Waals surface area contributed by atoms with Crippen LogP contribution in [0.25, 0.3) is 21.8 Å². The molecule has 1 aromatic carbocycles. The lowest BCUT2D eigenvalue weighted by Gasteiger charge is -2.27. The standard InChI is InChI=1S/C24H23N5O2/c1-14(24(2,3)31)28-23-20-17-9-8-15(6-7-16-5-4-10-26-12-16)11-19(17)29-21(20)18(13-27-23)22(25)30/h4-5,8-14,29,31H,1-3H3,(H2,25,30)(H,27,28). The smallest absolute Gasteiger partial charge is 0.252 e. The summed E-state index contributed by atoms with van der Waals surface area (Å²) in [5, 5.41) is 15.2. The summed E-state index contributed by atoms with van der Waals surface area (Å²) in [4.78, 5) is 23.8. The van der Waals surface area contributed by atoms with Crippen molar-refractivity contribution in [1.82, 2.24) is 15.0 Å². The molecule has 5 N–H and O–H groups in total. The van der Waals surface area contributed by atoms with E-state index >= 15 is 0 Å². The second kappa shape index (κ2) is 7.74. The Hall–Kier alpha value is -3.89. The topological polar surface area (TPSA) is 117 Å². The van der Waals surface area contributed by atoms with Gasteiger partial charge in [0.25, 0.3) is 5.91 Å². The van der Waals surface area contributed by atoms with Crippen molar-refractivity contribution in [2.75, 3.05) is 5.32 Å². The number of nitrogens with one attached hydrogen (secondary N) is 2. The summed E-state index contributed by atoms with van der Waals surface area (Å²) in [6.07, 6.45) is 4.86. The Morgan fingerprint density at radius 2 is 2.00 bits per heavy atom. The highest BCUT2D eigenvalue weighted by Gasteiger charge is 2.24. The SMILES string of the molecule is CC(Nc1ncc(C(N)=O)c2[nH]c3cc(C#Cc4cccnc4)ccc3c12)C(C)(C)O. The quantitative estimate of drug-likeness (QED) is 0.383. The van der Waals surface area contributed by atoms with Crippen LogP contribution in [0.3, 0.4) is 0 Å². The molecule has 0 saturated heterocycles. The van der Waals surface area contributed by atoms with Crippen LogP contribution in [0, 0.1) is 11.8 Å². The van der Waals surface area contributed by atoms with E-state index in [9.17, 15) is 9.90 Å². The predicted molar refractivity (Wildman–Crippen MR) is 122 cm³/mol. The molecule has 0 aliphatic carbocycles. The van der Waals surface area contributed by atoms with Gasteiger partial charge < -0.3 is 21.1 Å². The summed E-state index contributed by atoms with van der Waals surface area (Å²) >= 11 is 0. The third-order valence-corrected chi connectivity index (χ3v) is 5.32. The maximum Gasteiger partial charge on any atom is 0.252 e. The molecule has 0 aliphatic heterocycles. The lowest BCUT2D eigenvalue weighted by atomic mass is 10.0. The van der Waals surface area contributed by atoms with Crippen molar-refractivity contribution in [3.63, 3.8) is 0 Å². The number of nitrogens with zero attached hydrogens (tertiary/aromatic N) is 2. The Balaban J connectivity index is 1.85. The number of primary amides is 1. The first-order valence-electron chi connectivity index (χ1n) is 9.89. The van der Waals surface area contributed by atoms with Gasteiger partial charge in [0.05, 0.1) is 28.1 Å². The number of benzene rings is 1. The van der Waals surface area contributed by atoms with Gasteiger partial charge in [0.1, 0.15) is 5.82 Å². The van der Waals surface area contributed by atoms with E-state index in [4.69, 9.17) is 5.73 Å². The molecule has 0 aliphatic rings. The number of hydrogen-bond acceptors (Lipinski definition) is 5. The zero-order valence-electron chi connectivity index (χ0n) is 17.5. The van der Waals surface area contributed by atoms with E-state index < -0.39 is 11.5 Å². The van der Waals surface area contributed by atoms with Gasteiger partial charge in [-0.1, -0.05) is 17.9 Å². The molecule has 0 bridgehead atoms. The number of fused-ring (bicyclic) bond motifs is 3. The van der Waals surface area contributed by atoms with E-state index in [1.807, 2.05) is 37.3 Å². The predicted octanol–water partition coefficient (Wildman–Crippen LogP) is 3.18. The van der Waals surface area contributed by atoms with Crippen LogP contribution in [0.2, 0.25) is 0 Å². The molecule has 4 aromatic rings. The summed E-state index contributed by atoms with van der Waals surface area (Å²) < 4.78 is 0. The third kappa shape index (κ3) is 4.06. The molecule has 3 heterocycles. The van der Waals surface area contributed by atoms with Gasteiger partial charge in [0.15, 0.2) is 0 Å². The Labute approximate surface area is 179 Å². The zero-order valence-corrected chi connectivity index (χ0v) is 17.5. The number of aliphatic hydroxyl groups is 1. The van der Waals surface area contributed by atoms with Gasteiger partial charge in [-0.05, 0) is 45.0 Å². The molecule has 1 unspecified atom stereocenters. The van der Waals surface area contributed by atoms with Crippen LogP contribution in [-0.2, 0) is 0 Å². The molecule has 1 atom stereocenters. The minimum atomic E-state index is -0.961. The number of H-pyrrole nitrogens is 1. The Bertz CT molecular complexity index is 1340. The fraction of sp³-hybridized carbons (Fsp3) is 0.208. The molecule has 0 fully saturated rings. The van der Waals surface area contributed by atoms with E-state index in [2.05, 4.69) is 32.1 Å². The summed E-state index contributed by atoms with van der Waals surface area (Å²) in [5.74, 6) is 6.22. The molecule has 3 aromatic heterocycles. The monoisotopic (exact) mass is 413 g/mol. The number of carbonyl (C=O) groups is 1. The molecule has 0 saturated carbocycles. The van der Waals surface area contributed by atoms with Gasteiger partial charge in [0.2, 0.25) is 0 Å². The second-order valence-electron chi connectivity index (χ2n) is 8.03. The highest BCUT2D eigenvalue weighted by Crippen LogP contribution is 2.33. The van der Waals surface area contributed by atoms with Crippen molar-refractivity contribution in [1.29, 1.82) is 0 Å². The molecule has 1 amide bonds. The first-order valence-corrected chi connectivity index (χ1v) is 9.89. The first-order chi connectivity index (χ1) is 14.7. The lowest BCUT2D eigenvalue weighted by Crippen LogP contribution is -2.39. The lowest BCUT2D eigenvalue weighted by molar-refractivity contribution is 0.0648. The number of hydrogen-bond donors (Lipinski definition) is 4. The van der Waals surface area contributed by atoms with Crippen LogP contribution in [0.5, 0.6) is 0 Å². The van der Waals surface area contributed by atoms with Crippen molar-refractivity contribution in [2.24, 2.45) is 5.73 Å². The fourth-order valence-electron chi connectivity index (χ4n) is 3.24. The van der Waals surface area contributed by atoms with Crippen molar-refractivity contribution in [3.05, 3.63) is 65.6 Å². The van der Waals surface area contributed by atoms with Gasteiger partial charge in [-0.3, -0.25) is 9.78 Å². The number of rotatable bonds is 4. The number of amides is 1. The summed E-state index contributed by atoms with van der Waals surface area (Å²) in [6.45, 7) is 5.32. The van der Waals surface area contributed by atoms with Crippen molar-refractivity contribution in [3.8, 4) is 11.8 Å². The van der Waals surface area contributed by atoms with Gasteiger partial charge in [-0.25, -0.2) is 4.98 Å². The number of nitrogens with two attached hydrogens (primary N) is 1. The van der Waals surface area contributed by atoms with Crippen LogP contribution < -0.4 is 11.1 Å². The maximum absolute atomic E-state index is 12.0. The van der Waals surface area contributed by atoms with Crippen molar-refractivity contribution in [2.45, 2.75) is 32.4 Å². The Morgan fingerprint density at radius 3 is 2.68 bits per heavy atom. The molecule has 31 heavy (non-hydrogen) atoms. The molecular weight excluding hydrogens is 390 g/mol.